The third kappa shape index (κ3) is 3.99. The quantitative estimate of drug-likeness (QED) is 0.879. The summed E-state index contributed by atoms with van der Waals surface area (Å²) < 4.78 is 10.8. The van der Waals surface area contributed by atoms with E-state index < -0.39 is 0 Å². The lowest BCUT2D eigenvalue weighted by atomic mass is 10.2. The van der Waals surface area contributed by atoms with Gasteiger partial charge in [-0.1, -0.05) is 25.1 Å². The molecule has 21 heavy (non-hydrogen) atoms. The molecule has 110 valence electrons. The van der Waals surface area contributed by atoms with E-state index in [1.54, 1.807) is 31.4 Å². The zero-order chi connectivity index (χ0) is 15.1. The Morgan fingerprint density at radius 1 is 1.14 bits per heavy atom. The van der Waals surface area contributed by atoms with Crippen LogP contribution >= 0.6 is 0 Å². The van der Waals surface area contributed by atoms with Gasteiger partial charge in [0.05, 0.1) is 19.4 Å². The number of amides is 1. The number of carbonyl (C=O) groups is 1. The van der Waals surface area contributed by atoms with E-state index in [0.29, 0.717) is 29.4 Å². The topological polar surface area (TPSA) is 47.6 Å². The van der Waals surface area contributed by atoms with Crippen LogP contribution in [0.1, 0.15) is 23.7 Å². The molecule has 0 bridgehead atoms. The predicted octanol–water partition coefficient (Wildman–Crippen LogP) is 3.74. The Morgan fingerprint density at radius 2 is 1.95 bits per heavy atom. The summed E-state index contributed by atoms with van der Waals surface area (Å²) in [6.45, 7) is 2.68. The Labute approximate surface area is 124 Å². The summed E-state index contributed by atoms with van der Waals surface area (Å²) in [5.74, 6) is 1.13. The summed E-state index contributed by atoms with van der Waals surface area (Å²) >= 11 is 0. The highest BCUT2D eigenvalue weighted by Gasteiger charge is 2.10. The third-order valence-corrected chi connectivity index (χ3v) is 2.92. The fourth-order valence-electron chi connectivity index (χ4n) is 1.89. The Balaban J connectivity index is 2.13. The molecule has 0 aliphatic heterocycles. The van der Waals surface area contributed by atoms with Gasteiger partial charge in [-0.15, -0.1) is 0 Å². The normalized spacial score (nSPS) is 10.0. The summed E-state index contributed by atoms with van der Waals surface area (Å²) in [7, 11) is 1.57. The Hall–Kier alpha value is -2.49. The van der Waals surface area contributed by atoms with Crippen LogP contribution in [0.4, 0.5) is 5.69 Å². The van der Waals surface area contributed by atoms with Gasteiger partial charge in [-0.3, -0.25) is 4.79 Å². The van der Waals surface area contributed by atoms with E-state index in [1.165, 1.54) is 0 Å². The fraction of sp³-hybridized carbons (Fsp3) is 0.235. The van der Waals surface area contributed by atoms with Crippen molar-refractivity contribution in [3.05, 3.63) is 54.1 Å². The number of nitrogens with one attached hydrogen (secondary N) is 1. The summed E-state index contributed by atoms with van der Waals surface area (Å²) in [5.41, 5.74) is 1.19. The third-order valence-electron chi connectivity index (χ3n) is 2.92. The monoisotopic (exact) mass is 285 g/mol. The minimum Gasteiger partial charge on any atom is -0.495 e. The molecule has 0 aromatic heterocycles. The number of carbonyl (C=O) groups excluding carboxylic acids is 1. The van der Waals surface area contributed by atoms with Crippen molar-refractivity contribution in [3.8, 4) is 11.5 Å². The first-order chi connectivity index (χ1) is 10.2. The van der Waals surface area contributed by atoms with Crippen LogP contribution in [-0.4, -0.2) is 19.6 Å². The molecule has 2 aromatic rings. The van der Waals surface area contributed by atoms with E-state index in [-0.39, 0.29) is 5.91 Å². The Bertz CT molecular complexity index is 610. The van der Waals surface area contributed by atoms with Crippen LogP contribution in [0.2, 0.25) is 0 Å². The second-order valence-electron chi connectivity index (χ2n) is 4.53. The van der Waals surface area contributed by atoms with Crippen molar-refractivity contribution in [3.63, 3.8) is 0 Å². The van der Waals surface area contributed by atoms with Crippen molar-refractivity contribution in [2.45, 2.75) is 13.3 Å². The molecule has 4 heteroatoms. The molecule has 0 fully saturated rings. The smallest absolute Gasteiger partial charge is 0.255 e. The van der Waals surface area contributed by atoms with Gasteiger partial charge in [-0.05, 0) is 36.8 Å². The number of hydrogen-bond donors (Lipinski definition) is 1. The summed E-state index contributed by atoms with van der Waals surface area (Å²) in [4.78, 5) is 12.3. The van der Waals surface area contributed by atoms with Crippen molar-refractivity contribution in [2.75, 3.05) is 19.0 Å². The zero-order valence-corrected chi connectivity index (χ0v) is 12.3. The van der Waals surface area contributed by atoms with Crippen molar-refractivity contribution < 1.29 is 14.3 Å². The SMILES string of the molecule is CCCOc1cccc(C(=O)Nc2ccccc2OC)c1. The number of para-hydroxylation sites is 2. The van der Waals surface area contributed by atoms with Crippen LogP contribution in [-0.2, 0) is 0 Å². The van der Waals surface area contributed by atoms with E-state index in [0.717, 1.165) is 6.42 Å². The molecule has 2 rings (SSSR count). The summed E-state index contributed by atoms with van der Waals surface area (Å²) in [6, 6.07) is 14.4. The maximum atomic E-state index is 12.3. The van der Waals surface area contributed by atoms with E-state index in [9.17, 15) is 4.79 Å². The zero-order valence-electron chi connectivity index (χ0n) is 12.3. The molecular formula is C17H19NO3. The fourth-order valence-corrected chi connectivity index (χ4v) is 1.89. The largest absolute Gasteiger partial charge is 0.495 e. The van der Waals surface area contributed by atoms with Gasteiger partial charge < -0.3 is 14.8 Å². The molecule has 0 aliphatic carbocycles. The molecule has 0 heterocycles. The van der Waals surface area contributed by atoms with Crippen LogP contribution in [0.5, 0.6) is 11.5 Å². The maximum Gasteiger partial charge on any atom is 0.255 e. The van der Waals surface area contributed by atoms with E-state index in [4.69, 9.17) is 9.47 Å². The number of methoxy groups -OCH3 is 1. The van der Waals surface area contributed by atoms with Gasteiger partial charge in [0.2, 0.25) is 0 Å². The second-order valence-corrected chi connectivity index (χ2v) is 4.53. The van der Waals surface area contributed by atoms with Crippen molar-refractivity contribution >= 4 is 11.6 Å². The molecule has 0 aliphatic rings. The number of rotatable bonds is 6. The van der Waals surface area contributed by atoms with Crippen LogP contribution in [0.15, 0.2) is 48.5 Å². The molecule has 0 radical (unpaired) electrons. The summed E-state index contributed by atoms with van der Waals surface area (Å²) in [6.07, 6.45) is 0.928. The van der Waals surface area contributed by atoms with Crippen LogP contribution < -0.4 is 14.8 Å². The first-order valence-electron chi connectivity index (χ1n) is 6.92. The van der Waals surface area contributed by atoms with Crippen molar-refractivity contribution in [1.29, 1.82) is 0 Å². The molecule has 0 unspecified atom stereocenters. The number of anilines is 1. The molecule has 0 saturated heterocycles. The van der Waals surface area contributed by atoms with Gasteiger partial charge in [0.25, 0.3) is 5.91 Å². The average Bonchev–Trinajstić information content (AvgIpc) is 2.53. The van der Waals surface area contributed by atoms with Crippen molar-refractivity contribution in [1.82, 2.24) is 0 Å². The Kier molecular flexibility index (Phi) is 5.21. The Morgan fingerprint density at radius 3 is 2.71 bits per heavy atom. The molecular weight excluding hydrogens is 266 g/mol. The first-order valence-corrected chi connectivity index (χ1v) is 6.92. The highest BCUT2D eigenvalue weighted by molar-refractivity contribution is 6.05. The predicted molar refractivity (Wildman–Crippen MR) is 83.2 cm³/mol. The van der Waals surface area contributed by atoms with Gasteiger partial charge in [0.15, 0.2) is 0 Å². The highest BCUT2D eigenvalue weighted by atomic mass is 16.5. The van der Waals surface area contributed by atoms with Crippen molar-refractivity contribution in [2.24, 2.45) is 0 Å². The molecule has 1 amide bonds. The first kappa shape index (κ1) is 14.9. The lowest BCUT2D eigenvalue weighted by Gasteiger charge is -2.10. The minimum absolute atomic E-state index is 0.193. The number of benzene rings is 2. The second kappa shape index (κ2) is 7.33. The van der Waals surface area contributed by atoms with Gasteiger partial charge >= 0.3 is 0 Å². The molecule has 0 saturated carbocycles. The molecule has 0 spiro atoms. The summed E-state index contributed by atoms with van der Waals surface area (Å²) in [5, 5.41) is 2.84. The minimum atomic E-state index is -0.193. The van der Waals surface area contributed by atoms with Gasteiger partial charge in [0, 0.05) is 5.56 Å². The molecule has 0 atom stereocenters. The van der Waals surface area contributed by atoms with Gasteiger partial charge in [0.1, 0.15) is 11.5 Å². The van der Waals surface area contributed by atoms with Crippen LogP contribution in [0, 0.1) is 0 Å². The number of hydrogen-bond acceptors (Lipinski definition) is 3. The maximum absolute atomic E-state index is 12.3. The highest BCUT2D eigenvalue weighted by Crippen LogP contribution is 2.24. The lowest BCUT2D eigenvalue weighted by molar-refractivity contribution is 0.102. The van der Waals surface area contributed by atoms with Gasteiger partial charge in [-0.2, -0.15) is 0 Å². The average molecular weight is 285 g/mol. The standard InChI is InChI=1S/C17H19NO3/c1-3-11-21-14-8-6-7-13(12-14)17(19)18-15-9-4-5-10-16(15)20-2/h4-10,12H,3,11H2,1-2H3,(H,18,19). The lowest BCUT2D eigenvalue weighted by Crippen LogP contribution is -2.12. The van der Waals surface area contributed by atoms with E-state index >= 15 is 0 Å². The van der Waals surface area contributed by atoms with Gasteiger partial charge in [-0.25, -0.2) is 0 Å². The van der Waals surface area contributed by atoms with Crippen LogP contribution in [0.25, 0.3) is 0 Å². The number of ether oxygens (including phenoxy) is 2. The van der Waals surface area contributed by atoms with Crippen LogP contribution in [0.3, 0.4) is 0 Å². The van der Waals surface area contributed by atoms with E-state index in [1.807, 2.05) is 31.2 Å². The van der Waals surface area contributed by atoms with E-state index in [2.05, 4.69) is 5.32 Å². The molecule has 4 nitrogen and oxygen atoms in total. The molecule has 2 aromatic carbocycles. The molecule has 1 N–H and O–H groups in total.